The van der Waals surface area contributed by atoms with Crippen molar-refractivity contribution in [2.75, 3.05) is 5.73 Å². The lowest BCUT2D eigenvalue weighted by molar-refractivity contribution is 0.661. The molecule has 0 aliphatic carbocycles. The van der Waals surface area contributed by atoms with E-state index in [-0.39, 0.29) is 6.04 Å². The fraction of sp³-hybridized carbons (Fsp3) is 0.200. The standard InChI is InChI=1S/C15H15BrN4/c1-9-6-7-13-14(18-9)20(15(17)19-13)10(2)11-4-3-5-12(16)8-11/h3-8,10H,1-2H3,(H2,17,19). The van der Waals surface area contributed by atoms with Crippen molar-refractivity contribution in [3.8, 4) is 0 Å². The number of benzene rings is 1. The van der Waals surface area contributed by atoms with Crippen LogP contribution in [0.2, 0.25) is 0 Å². The first-order valence-corrected chi connectivity index (χ1v) is 7.22. The van der Waals surface area contributed by atoms with Crippen molar-refractivity contribution < 1.29 is 0 Å². The maximum absolute atomic E-state index is 6.08. The maximum Gasteiger partial charge on any atom is 0.203 e. The number of hydrogen-bond acceptors (Lipinski definition) is 3. The summed E-state index contributed by atoms with van der Waals surface area (Å²) in [7, 11) is 0. The quantitative estimate of drug-likeness (QED) is 0.779. The molecular formula is C15H15BrN4. The third-order valence-corrected chi connectivity index (χ3v) is 3.92. The third kappa shape index (κ3) is 2.18. The molecule has 102 valence electrons. The van der Waals surface area contributed by atoms with E-state index in [4.69, 9.17) is 5.73 Å². The van der Waals surface area contributed by atoms with Crippen molar-refractivity contribution >= 4 is 33.0 Å². The zero-order chi connectivity index (χ0) is 14.3. The molecule has 1 atom stereocenters. The Bertz CT molecular complexity index is 779. The molecule has 0 amide bonds. The first-order valence-electron chi connectivity index (χ1n) is 6.43. The van der Waals surface area contributed by atoms with Crippen LogP contribution in [0.4, 0.5) is 5.95 Å². The molecule has 0 bridgehead atoms. The summed E-state index contributed by atoms with van der Waals surface area (Å²) in [5.41, 5.74) is 9.86. The van der Waals surface area contributed by atoms with Gasteiger partial charge in [-0.25, -0.2) is 9.97 Å². The molecule has 1 aromatic carbocycles. The van der Waals surface area contributed by atoms with E-state index in [0.717, 1.165) is 26.9 Å². The summed E-state index contributed by atoms with van der Waals surface area (Å²) >= 11 is 3.50. The lowest BCUT2D eigenvalue weighted by atomic mass is 10.1. The normalized spacial score (nSPS) is 12.8. The summed E-state index contributed by atoms with van der Waals surface area (Å²) in [6.07, 6.45) is 0. The molecule has 0 saturated carbocycles. The number of halogens is 1. The molecule has 2 heterocycles. The molecule has 5 heteroatoms. The average Bonchev–Trinajstić information content (AvgIpc) is 2.73. The Labute approximate surface area is 125 Å². The van der Waals surface area contributed by atoms with Gasteiger partial charge in [-0.2, -0.15) is 0 Å². The van der Waals surface area contributed by atoms with Gasteiger partial charge in [0.05, 0.1) is 6.04 Å². The summed E-state index contributed by atoms with van der Waals surface area (Å²) in [6.45, 7) is 4.07. The predicted molar refractivity (Wildman–Crippen MR) is 84.6 cm³/mol. The molecule has 1 unspecified atom stereocenters. The molecule has 0 saturated heterocycles. The minimum Gasteiger partial charge on any atom is -0.369 e. The van der Waals surface area contributed by atoms with Gasteiger partial charge in [-0.15, -0.1) is 0 Å². The van der Waals surface area contributed by atoms with Crippen molar-refractivity contribution in [2.24, 2.45) is 0 Å². The lowest BCUT2D eigenvalue weighted by Gasteiger charge is -2.16. The molecule has 0 aliphatic heterocycles. The predicted octanol–water partition coefficient (Wildman–Crippen LogP) is 3.69. The van der Waals surface area contributed by atoms with E-state index in [0.29, 0.717) is 5.95 Å². The molecule has 0 fully saturated rings. The number of nitrogens with two attached hydrogens (primary N) is 1. The Hall–Kier alpha value is -1.88. The highest BCUT2D eigenvalue weighted by Crippen LogP contribution is 2.27. The highest BCUT2D eigenvalue weighted by molar-refractivity contribution is 9.10. The highest BCUT2D eigenvalue weighted by atomic mass is 79.9. The molecule has 2 N–H and O–H groups in total. The molecule has 2 aromatic heterocycles. The average molecular weight is 331 g/mol. The third-order valence-electron chi connectivity index (χ3n) is 3.42. The minimum atomic E-state index is 0.0757. The second-order valence-corrected chi connectivity index (χ2v) is 5.78. The summed E-state index contributed by atoms with van der Waals surface area (Å²) in [6, 6.07) is 12.2. The van der Waals surface area contributed by atoms with Crippen LogP contribution in [-0.2, 0) is 0 Å². The van der Waals surface area contributed by atoms with Gasteiger partial charge < -0.3 is 5.73 Å². The fourth-order valence-electron chi connectivity index (χ4n) is 2.38. The monoisotopic (exact) mass is 330 g/mol. The second kappa shape index (κ2) is 4.90. The molecule has 0 radical (unpaired) electrons. The molecule has 3 rings (SSSR count). The van der Waals surface area contributed by atoms with Gasteiger partial charge in [-0.05, 0) is 43.7 Å². The van der Waals surface area contributed by atoms with Gasteiger partial charge in [0.25, 0.3) is 0 Å². The van der Waals surface area contributed by atoms with E-state index in [1.54, 1.807) is 0 Å². The molecular weight excluding hydrogens is 316 g/mol. The Balaban J connectivity index is 2.18. The zero-order valence-corrected chi connectivity index (χ0v) is 12.9. The largest absolute Gasteiger partial charge is 0.369 e. The summed E-state index contributed by atoms with van der Waals surface area (Å²) in [4.78, 5) is 8.96. The van der Waals surface area contributed by atoms with E-state index in [2.05, 4.69) is 45.0 Å². The van der Waals surface area contributed by atoms with Gasteiger partial charge in [-0.1, -0.05) is 28.1 Å². The Morgan fingerprint density at radius 1 is 1.20 bits per heavy atom. The SMILES string of the molecule is Cc1ccc2nc(N)n(C(C)c3cccc(Br)c3)c2n1. The number of anilines is 1. The van der Waals surface area contributed by atoms with E-state index >= 15 is 0 Å². The first-order chi connectivity index (χ1) is 9.56. The van der Waals surface area contributed by atoms with Crippen LogP contribution in [0, 0.1) is 6.92 Å². The number of fused-ring (bicyclic) bond motifs is 1. The van der Waals surface area contributed by atoms with Crippen molar-refractivity contribution in [1.29, 1.82) is 0 Å². The van der Waals surface area contributed by atoms with Crippen LogP contribution in [0.1, 0.15) is 24.2 Å². The Morgan fingerprint density at radius 3 is 2.75 bits per heavy atom. The Morgan fingerprint density at radius 2 is 2.00 bits per heavy atom. The maximum atomic E-state index is 6.08. The van der Waals surface area contributed by atoms with Gasteiger partial charge in [0.1, 0.15) is 5.52 Å². The molecule has 4 nitrogen and oxygen atoms in total. The van der Waals surface area contributed by atoms with Gasteiger partial charge >= 0.3 is 0 Å². The molecule has 0 aliphatic rings. The number of aromatic nitrogens is 3. The van der Waals surface area contributed by atoms with Crippen LogP contribution in [0.25, 0.3) is 11.2 Å². The van der Waals surface area contributed by atoms with Gasteiger partial charge in [0.2, 0.25) is 5.95 Å². The van der Waals surface area contributed by atoms with Crippen molar-refractivity contribution in [2.45, 2.75) is 19.9 Å². The van der Waals surface area contributed by atoms with Crippen molar-refractivity contribution in [1.82, 2.24) is 14.5 Å². The van der Waals surface area contributed by atoms with E-state index in [1.165, 1.54) is 0 Å². The van der Waals surface area contributed by atoms with E-state index in [9.17, 15) is 0 Å². The van der Waals surface area contributed by atoms with Crippen molar-refractivity contribution in [3.63, 3.8) is 0 Å². The highest BCUT2D eigenvalue weighted by Gasteiger charge is 2.16. The van der Waals surface area contributed by atoms with Crippen LogP contribution in [0.3, 0.4) is 0 Å². The van der Waals surface area contributed by atoms with E-state index < -0.39 is 0 Å². The lowest BCUT2D eigenvalue weighted by Crippen LogP contribution is -2.11. The molecule has 20 heavy (non-hydrogen) atoms. The van der Waals surface area contributed by atoms with Crippen molar-refractivity contribution in [3.05, 3.63) is 52.1 Å². The number of rotatable bonds is 2. The van der Waals surface area contributed by atoms with Crippen LogP contribution in [0.15, 0.2) is 40.9 Å². The van der Waals surface area contributed by atoms with Crippen LogP contribution in [-0.4, -0.2) is 14.5 Å². The minimum absolute atomic E-state index is 0.0757. The fourth-order valence-corrected chi connectivity index (χ4v) is 2.80. The topological polar surface area (TPSA) is 56.7 Å². The van der Waals surface area contributed by atoms with E-state index in [1.807, 2.05) is 35.8 Å². The number of nitrogen functional groups attached to an aromatic ring is 1. The summed E-state index contributed by atoms with van der Waals surface area (Å²) < 4.78 is 3.03. The number of nitrogens with zero attached hydrogens (tertiary/aromatic N) is 3. The molecule has 0 spiro atoms. The number of hydrogen-bond donors (Lipinski definition) is 1. The number of aryl methyl sites for hydroxylation is 1. The number of pyridine rings is 1. The molecule has 3 aromatic rings. The summed E-state index contributed by atoms with van der Waals surface area (Å²) in [5.74, 6) is 0.491. The van der Waals surface area contributed by atoms with Crippen LogP contribution < -0.4 is 5.73 Å². The van der Waals surface area contributed by atoms with Gasteiger partial charge in [0, 0.05) is 10.2 Å². The van der Waals surface area contributed by atoms with Crippen LogP contribution >= 0.6 is 15.9 Å². The van der Waals surface area contributed by atoms with Gasteiger partial charge in [-0.3, -0.25) is 4.57 Å². The van der Waals surface area contributed by atoms with Gasteiger partial charge in [0.15, 0.2) is 5.65 Å². The first kappa shape index (κ1) is 13.1. The summed E-state index contributed by atoms with van der Waals surface area (Å²) in [5, 5.41) is 0. The van der Waals surface area contributed by atoms with Crippen LogP contribution in [0.5, 0.6) is 0 Å². The smallest absolute Gasteiger partial charge is 0.203 e. The Kier molecular flexibility index (Phi) is 3.22. The second-order valence-electron chi connectivity index (χ2n) is 4.87. The number of imidazole rings is 1. The zero-order valence-electron chi connectivity index (χ0n) is 11.3.